The number of halogens is 4. The van der Waals surface area contributed by atoms with Gasteiger partial charge in [0.05, 0.1) is 37.0 Å². The number of alkyl halides is 3. The number of hydrogen-bond acceptors (Lipinski definition) is 7. The standard InChI is InChI=1S/C22H29F4N7O2/c1-4-35-20-28-11-15(23)18(29-20)33-16-14(17(27)30-33)12-32(21(16,2)3)19(34)13-5-8-31(9-6-13)10-7-22(24,25)26/h11,13H,4-10,12H2,1-3H3,(H2,27,30). The highest BCUT2D eigenvalue weighted by atomic mass is 19.4. The van der Waals surface area contributed by atoms with Gasteiger partial charge >= 0.3 is 12.2 Å². The molecule has 0 atom stereocenters. The Morgan fingerprint density at radius 2 is 1.97 bits per heavy atom. The van der Waals surface area contributed by atoms with Crippen molar-refractivity contribution in [3.05, 3.63) is 23.3 Å². The lowest BCUT2D eigenvalue weighted by molar-refractivity contribution is -0.145. The number of ether oxygens (including phenoxy) is 1. The van der Waals surface area contributed by atoms with Gasteiger partial charge in [0.1, 0.15) is 0 Å². The first-order valence-corrected chi connectivity index (χ1v) is 11.6. The average Bonchev–Trinajstić information content (AvgIpc) is 3.27. The number of amides is 1. The largest absolute Gasteiger partial charge is 0.464 e. The maximum Gasteiger partial charge on any atom is 0.390 e. The zero-order chi connectivity index (χ0) is 25.5. The molecule has 35 heavy (non-hydrogen) atoms. The van der Waals surface area contributed by atoms with Gasteiger partial charge in [-0.1, -0.05) is 0 Å². The van der Waals surface area contributed by atoms with Crippen LogP contribution < -0.4 is 10.5 Å². The summed E-state index contributed by atoms with van der Waals surface area (Å²) in [6.07, 6.45) is -3.12. The minimum atomic E-state index is -4.20. The van der Waals surface area contributed by atoms with E-state index in [1.54, 1.807) is 16.7 Å². The van der Waals surface area contributed by atoms with Crippen molar-refractivity contribution in [3.63, 3.8) is 0 Å². The highest BCUT2D eigenvalue weighted by Crippen LogP contribution is 2.43. The summed E-state index contributed by atoms with van der Waals surface area (Å²) >= 11 is 0. The molecular weight excluding hydrogens is 470 g/mol. The van der Waals surface area contributed by atoms with Gasteiger partial charge in [0.25, 0.3) is 0 Å². The molecule has 192 valence electrons. The van der Waals surface area contributed by atoms with Crippen molar-refractivity contribution in [1.29, 1.82) is 0 Å². The lowest BCUT2D eigenvalue weighted by atomic mass is 9.92. The van der Waals surface area contributed by atoms with E-state index in [1.165, 1.54) is 4.68 Å². The molecule has 2 aliphatic heterocycles. The molecule has 0 aliphatic carbocycles. The van der Waals surface area contributed by atoms with Gasteiger partial charge in [0.2, 0.25) is 5.91 Å². The third kappa shape index (κ3) is 4.91. The van der Waals surface area contributed by atoms with Gasteiger partial charge in [-0.25, -0.2) is 14.1 Å². The highest BCUT2D eigenvalue weighted by Gasteiger charge is 2.47. The molecule has 4 rings (SSSR count). The molecule has 1 amide bonds. The SMILES string of the molecule is CCOc1ncc(F)c(-n2nc(N)c3c2C(C)(C)N(C(=O)C2CCN(CCC(F)(F)F)CC2)C3)n1. The van der Waals surface area contributed by atoms with Crippen molar-refractivity contribution >= 4 is 11.7 Å². The number of carbonyl (C=O) groups excluding carboxylic acids is 1. The Morgan fingerprint density at radius 1 is 1.29 bits per heavy atom. The zero-order valence-corrected chi connectivity index (χ0v) is 19.9. The molecule has 0 saturated carbocycles. The van der Waals surface area contributed by atoms with Crippen molar-refractivity contribution in [2.24, 2.45) is 5.92 Å². The molecule has 13 heteroatoms. The molecule has 1 fully saturated rings. The van der Waals surface area contributed by atoms with Crippen molar-refractivity contribution in [2.75, 3.05) is 32.0 Å². The summed E-state index contributed by atoms with van der Waals surface area (Å²) in [5.74, 6) is -1.10. The number of nitrogen functional groups attached to an aromatic ring is 1. The van der Waals surface area contributed by atoms with Crippen LogP contribution in [0.25, 0.3) is 5.82 Å². The van der Waals surface area contributed by atoms with E-state index in [-0.39, 0.29) is 42.6 Å². The number of nitrogens with two attached hydrogens (primary N) is 1. The van der Waals surface area contributed by atoms with Crippen LogP contribution in [0.5, 0.6) is 6.01 Å². The molecule has 2 N–H and O–H groups in total. The number of rotatable bonds is 6. The Hall–Kier alpha value is -2.96. The first kappa shape index (κ1) is 25.1. The van der Waals surface area contributed by atoms with E-state index >= 15 is 0 Å². The predicted molar refractivity (Wildman–Crippen MR) is 118 cm³/mol. The number of fused-ring (bicyclic) bond motifs is 1. The van der Waals surface area contributed by atoms with E-state index in [4.69, 9.17) is 10.5 Å². The number of nitrogens with zero attached hydrogens (tertiary/aromatic N) is 6. The Morgan fingerprint density at radius 3 is 2.60 bits per heavy atom. The van der Waals surface area contributed by atoms with Gasteiger partial charge in [-0.05, 0) is 46.7 Å². The van der Waals surface area contributed by atoms with Gasteiger partial charge in [0.15, 0.2) is 17.5 Å². The summed E-state index contributed by atoms with van der Waals surface area (Å²) in [7, 11) is 0. The Labute approximate surface area is 200 Å². The molecular formula is C22H29F4N7O2. The van der Waals surface area contributed by atoms with Crippen LogP contribution in [0.15, 0.2) is 6.20 Å². The van der Waals surface area contributed by atoms with E-state index < -0.39 is 24.0 Å². The van der Waals surface area contributed by atoms with Crippen molar-refractivity contribution < 1.29 is 27.1 Å². The third-order valence-electron chi connectivity index (χ3n) is 6.68. The van der Waals surface area contributed by atoms with E-state index in [2.05, 4.69) is 15.1 Å². The summed E-state index contributed by atoms with van der Waals surface area (Å²) in [6.45, 7) is 6.70. The number of piperidine rings is 1. The second-order valence-corrected chi connectivity index (χ2v) is 9.35. The molecule has 0 aromatic carbocycles. The maximum atomic E-state index is 14.7. The summed E-state index contributed by atoms with van der Waals surface area (Å²) in [4.78, 5) is 24.9. The van der Waals surface area contributed by atoms with Crippen LogP contribution in [-0.2, 0) is 16.9 Å². The quantitative estimate of drug-likeness (QED) is 0.610. The molecule has 1 saturated heterocycles. The maximum absolute atomic E-state index is 14.7. The predicted octanol–water partition coefficient (Wildman–Crippen LogP) is 3.02. The Bertz CT molecular complexity index is 1090. The molecule has 4 heterocycles. The van der Waals surface area contributed by atoms with Crippen LogP contribution in [-0.4, -0.2) is 67.9 Å². The lowest BCUT2D eigenvalue weighted by Crippen LogP contribution is -2.47. The second kappa shape index (κ2) is 9.25. The average molecular weight is 500 g/mol. The van der Waals surface area contributed by atoms with Crippen LogP contribution in [0.1, 0.15) is 51.3 Å². The molecule has 0 spiro atoms. The van der Waals surface area contributed by atoms with E-state index in [0.717, 1.165) is 6.20 Å². The summed E-state index contributed by atoms with van der Waals surface area (Å²) < 4.78 is 58.9. The van der Waals surface area contributed by atoms with Crippen molar-refractivity contribution in [2.45, 2.75) is 58.3 Å². The number of carbonyl (C=O) groups is 1. The molecule has 0 bridgehead atoms. The highest BCUT2D eigenvalue weighted by molar-refractivity contribution is 5.81. The van der Waals surface area contributed by atoms with Crippen LogP contribution >= 0.6 is 0 Å². The Kier molecular flexibility index (Phi) is 6.64. The molecule has 2 aliphatic rings. The summed E-state index contributed by atoms with van der Waals surface area (Å²) in [5, 5.41) is 4.29. The lowest BCUT2D eigenvalue weighted by Gasteiger charge is -2.38. The fourth-order valence-electron chi connectivity index (χ4n) is 4.84. The van der Waals surface area contributed by atoms with E-state index in [9.17, 15) is 22.4 Å². The second-order valence-electron chi connectivity index (χ2n) is 9.35. The third-order valence-corrected chi connectivity index (χ3v) is 6.68. The number of anilines is 1. The smallest absolute Gasteiger partial charge is 0.390 e. The first-order valence-electron chi connectivity index (χ1n) is 11.6. The van der Waals surface area contributed by atoms with Gasteiger partial charge in [-0.15, -0.1) is 5.10 Å². The van der Waals surface area contributed by atoms with E-state index in [1.807, 2.05) is 13.8 Å². The van der Waals surface area contributed by atoms with Gasteiger partial charge < -0.3 is 20.3 Å². The molecule has 2 aromatic rings. The van der Waals surface area contributed by atoms with Crippen molar-refractivity contribution in [3.8, 4) is 11.8 Å². The van der Waals surface area contributed by atoms with Crippen LogP contribution in [0.2, 0.25) is 0 Å². The number of aromatic nitrogens is 4. The minimum absolute atomic E-state index is 0.00672. The normalized spacial score (nSPS) is 18.7. The minimum Gasteiger partial charge on any atom is -0.464 e. The fraction of sp³-hybridized carbons (Fsp3) is 0.636. The van der Waals surface area contributed by atoms with E-state index in [0.29, 0.717) is 43.8 Å². The first-order chi connectivity index (χ1) is 16.4. The molecule has 2 aromatic heterocycles. The molecule has 0 unspecified atom stereocenters. The van der Waals surface area contributed by atoms with Gasteiger partial charge in [-0.2, -0.15) is 18.2 Å². The summed E-state index contributed by atoms with van der Waals surface area (Å²) in [5.41, 5.74) is 6.44. The molecule has 9 nitrogen and oxygen atoms in total. The number of hydrogen-bond donors (Lipinski definition) is 1. The summed E-state index contributed by atoms with van der Waals surface area (Å²) in [6, 6.07) is -0.00672. The zero-order valence-electron chi connectivity index (χ0n) is 19.9. The van der Waals surface area contributed by atoms with Crippen LogP contribution in [0, 0.1) is 11.7 Å². The van der Waals surface area contributed by atoms with Crippen LogP contribution in [0.3, 0.4) is 0 Å². The Balaban J connectivity index is 1.54. The van der Waals surface area contributed by atoms with Gasteiger partial charge in [0, 0.05) is 18.0 Å². The monoisotopic (exact) mass is 499 g/mol. The van der Waals surface area contributed by atoms with Crippen molar-refractivity contribution in [1.82, 2.24) is 29.5 Å². The fourth-order valence-corrected chi connectivity index (χ4v) is 4.84. The molecule has 0 radical (unpaired) electrons. The van der Waals surface area contributed by atoms with Crippen LogP contribution in [0.4, 0.5) is 23.4 Å². The topological polar surface area (TPSA) is 102 Å². The van der Waals surface area contributed by atoms with Gasteiger partial charge in [-0.3, -0.25) is 4.79 Å². The number of likely N-dealkylation sites (tertiary alicyclic amines) is 1.